The quantitative estimate of drug-likeness (QED) is 0.695. The summed E-state index contributed by atoms with van der Waals surface area (Å²) >= 11 is 0. The fourth-order valence-corrected chi connectivity index (χ4v) is 1.67. The van der Waals surface area contributed by atoms with Crippen LogP contribution in [0.25, 0.3) is 0 Å². The number of carbonyl (C=O) groups excluding carboxylic acids is 2. The zero-order chi connectivity index (χ0) is 12.6. The number of benzene rings is 1. The Morgan fingerprint density at radius 1 is 1.47 bits per heavy atom. The summed E-state index contributed by atoms with van der Waals surface area (Å²) in [6.45, 7) is 0. The van der Waals surface area contributed by atoms with Crippen LogP contribution in [0.3, 0.4) is 0 Å². The predicted octanol–water partition coefficient (Wildman–Crippen LogP) is 1.22. The Labute approximate surface area is 95.1 Å². The van der Waals surface area contributed by atoms with Gasteiger partial charge in [0.1, 0.15) is 0 Å². The molecule has 0 N–H and O–H groups in total. The Morgan fingerprint density at radius 2 is 2.18 bits per heavy atom. The molecule has 6 heteroatoms. The Morgan fingerprint density at radius 3 is 2.82 bits per heavy atom. The molecule has 0 fully saturated rings. The number of cyclic esters (lactones) is 1. The zero-order valence-corrected chi connectivity index (χ0v) is 8.83. The minimum Gasteiger partial charge on any atom is -0.466 e. The first-order valence-electron chi connectivity index (χ1n) is 4.80. The predicted molar refractivity (Wildman–Crippen MR) is 51.3 cm³/mol. The third-order valence-electron chi connectivity index (χ3n) is 2.52. The van der Waals surface area contributed by atoms with Gasteiger partial charge in [0.25, 0.3) is 0 Å². The number of esters is 2. The van der Waals surface area contributed by atoms with Gasteiger partial charge in [-0.25, -0.2) is 18.4 Å². The van der Waals surface area contributed by atoms with E-state index in [1.807, 2.05) is 0 Å². The molecule has 0 aromatic heterocycles. The lowest BCUT2D eigenvalue weighted by molar-refractivity contribution is -0.151. The highest BCUT2D eigenvalue weighted by Crippen LogP contribution is 2.25. The van der Waals surface area contributed by atoms with Gasteiger partial charge in [-0.2, -0.15) is 0 Å². The van der Waals surface area contributed by atoms with Crippen molar-refractivity contribution in [3.63, 3.8) is 0 Å². The second-order valence-corrected chi connectivity index (χ2v) is 3.51. The van der Waals surface area contributed by atoms with Crippen LogP contribution in [-0.2, 0) is 20.7 Å². The van der Waals surface area contributed by atoms with Crippen LogP contribution >= 0.6 is 0 Å². The number of methoxy groups -OCH3 is 1. The third-order valence-corrected chi connectivity index (χ3v) is 2.52. The number of fused-ring (bicyclic) bond motifs is 1. The maximum absolute atomic E-state index is 13.5. The molecule has 1 atom stereocenters. The van der Waals surface area contributed by atoms with Crippen molar-refractivity contribution in [2.24, 2.45) is 0 Å². The minimum atomic E-state index is -1.23. The SMILES string of the molecule is COC(=O)C1Cc2c(ccc(F)c2F)C(=O)O1. The molecular weight excluding hydrogens is 234 g/mol. The summed E-state index contributed by atoms with van der Waals surface area (Å²) in [7, 11) is 1.12. The van der Waals surface area contributed by atoms with Gasteiger partial charge in [0.2, 0.25) is 6.10 Å². The van der Waals surface area contributed by atoms with E-state index in [1.165, 1.54) is 0 Å². The van der Waals surface area contributed by atoms with E-state index in [9.17, 15) is 18.4 Å². The number of rotatable bonds is 1. The molecule has 0 saturated heterocycles. The van der Waals surface area contributed by atoms with Crippen LogP contribution in [0.4, 0.5) is 8.78 Å². The summed E-state index contributed by atoms with van der Waals surface area (Å²) in [5, 5.41) is 0. The Hall–Kier alpha value is -1.98. The fraction of sp³-hybridized carbons (Fsp3) is 0.273. The molecule has 17 heavy (non-hydrogen) atoms. The van der Waals surface area contributed by atoms with Gasteiger partial charge in [-0.3, -0.25) is 0 Å². The third kappa shape index (κ3) is 1.86. The van der Waals surface area contributed by atoms with E-state index in [0.29, 0.717) is 0 Å². The molecule has 1 unspecified atom stereocenters. The molecule has 1 aromatic rings. The second kappa shape index (κ2) is 4.12. The van der Waals surface area contributed by atoms with E-state index in [4.69, 9.17) is 4.74 Å². The zero-order valence-electron chi connectivity index (χ0n) is 8.83. The van der Waals surface area contributed by atoms with E-state index < -0.39 is 29.7 Å². The van der Waals surface area contributed by atoms with E-state index in [0.717, 1.165) is 19.2 Å². The van der Waals surface area contributed by atoms with E-state index >= 15 is 0 Å². The minimum absolute atomic E-state index is 0.0657. The van der Waals surface area contributed by atoms with Crippen LogP contribution in [0.2, 0.25) is 0 Å². The monoisotopic (exact) mass is 242 g/mol. The molecule has 1 aromatic carbocycles. The first kappa shape index (κ1) is 11.5. The van der Waals surface area contributed by atoms with Crippen molar-refractivity contribution in [2.45, 2.75) is 12.5 Å². The van der Waals surface area contributed by atoms with Crippen LogP contribution < -0.4 is 0 Å². The summed E-state index contributed by atoms with van der Waals surface area (Å²) in [6, 6.07) is 1.97. The maximum atomic E-state index is 13.5. The maximum Gasteiger partial charge on any atom is 0.347 e. The molecule has 4 nitrogen and oxygen atoms in total. The van der Waals surface area contributed by atoms with Crippen molar-refractivity contribution < 1.29 is 27.8 Å². The van der Waals surface area contributed by atoms with Crippen LogP contribution in [-0.4, -0.2) is 25.2 Å². The first-order valence-corrected chi connectivity index (χ1v) is 4.80. The Kier molecular flexibility index (Phi) is 2.79. The van der Waals surface area contributed by atoms with Gasteiger partial charge in [0.05, 0.1) is 12.7 Å². The number of hydrogen-bond donors (Lipinski definition) is 0. The highest BCUT2D eigenvalue weighted by atomic mass is 19.2. The van der Waals surface area contributed by atoms with Crippen LogP contribution in [0, 0.1) is 11.6 Å². The molecule has 0 radical (unpaired) electrons. The lowest BCUT2D eigenvalue weighted by Crippen LogP contribution is -2.35. The van der Waals surface area contributed by atoms with Crippen LogP contribution in [0.1, 0.15) is 15.9 Å². The highest BCUT2D eigenvalue weighted by molar-refractivity contribution is 5.95. The molecule has 0 saturated carbocycles. The molecular formula is C11H8F2O4. The normalized spacial score (nSPS) is 18.3. The molecule has 1 aliphatic rings. The molecule has 0 aliphatic carbocycles. The van der Waals surface area contributed by atoms with Crippen LogP contribution in [0.5, 0.6) is 0 Å². The summed E-state index contributed by atoms with van der Waals surface area (Å²) in [6.07, 6.45) is -1.45. The molecule has 1 heterocycles. The second-order valence-electron chi connectivity index (χ2n) is 3.51. The summed E-state index contributed by atoms with van der Waals surface area (Å²) in [5.74, 6) is -3.86. The van der Waals surface area contributed by atoms with Crippen LogP contribution in [0.15, 0.2) is 12.1 Å². The van der Waals surface area contributed by atoms with E-state index in [2.05, 4.69) is 4.74 Å². The lowest BCUT2D eigenvalue weighted by atomic mass is 9.98. The summed E-state index contributed by atoms with van der Waals surface area (Å²) in [5.41, 5.74) is -0.222. The van der Waals surface area contributed by atoms with Gasteiger partial charge in [-0.15, -0.1) is 0 Å². The van der Waals surface area contributed by atoms with Gasteiger partial charge < -0.3 is 9.47 Å². The van der Waals surface area contributed by atoms with Crippen molar-refractivity contribution in [1.82, 2.24) is 0 Å². The van der Waals surface area contributed by atoms with Crippen molar-refractivity contribution in [1.29, 1.82) is 0 Å². The Balaban J connectivity index is 2.44. The fourth-order valence-electron chi connectivity index (χ4n) is 1.67. The number of ether oxygens (including phenoxy) is 2. The van der Waals surface area contributed by atoms with Gasteiger partial charge in [0, 0.05) is 12.0 Å². The average molecular weight is 242 g/mol. The molecule has 0 bridgehead atoms. The van der Waals surface area contributed by atoms with Crippen molar-refractivity contribution in [2.75, 3.05) is 7.11 Å². The number of hydrogen-bond acceptors (Lipinski definition) is 4. The van der Waals surface area contributed by atoms with Crippen molar-refractivity contribution in [3.05, 3.63) is 34.9 Å². The first-order chi connectivity index (χ1) is 8.04. The lowest BCUT2D eigenvalue weighted by Gasteiger charge is -2.22. The molecule has 1 aliphatic heterocycles. The molecule has 2 rings (SSSR count). The topological polar surface area (TPSA) is 52.6 Å². The summed E-state index contributed by atoms with van der Waals surface area (Å²) < 4.78 is 35.6. The molecule has 90 valence electrons. The number of carbonyl (C=O) groups is 2. The highest BCUT2D eigenvalue weighted by Gasteiger charge is 2.34. The van der Waals surface area contributed by atoms with Gasteiger partial charge in [-0.1, -0.05) is 0 Å². The standard InChI is InChI=1S/C11H8F2O4/c1-16-11(15)8-4-6-5(10(14)17-8)2-3-7(12)9(6)13/h2-3,8H,4H2,1H3. The van der Waals surface area contributed by atoms with Gasteiger partial charge in [0.15, 0.2) is 11.6 Å². The smallest absolute Gasteiger partial charge is 0.347 e. The molecule has 0 amide bonds. The van der Waals surface area contributed by atoms with E-state index in [1.54, 1.807) is 0 Å². The summed E-state index contributed by atoms with van der Waals surface area (Å²) in [4.78, 5) is 22.7. The van der Waals surface area contributed by atoms with Crippen molar-refractivity contribution in [3.8, 4) is 0 Å². The number of halogens is 2. The Bertz CT molecular complexity index is 498. The van der Waals surface area contributed by atoms with Gasteiger partial charge >= 0.3 is 11.9 Å². The average Bonchev–Trinajstić information content (AvgIpc) is 2.33. The van der Waals surface area contributed by atoms with E-state index in [-0.39, 0.29) is 17.5 Å². The van der Waals surface area contributed by atoms with Gasteiger partial charge in [-0.05, 0) is 12.1 Å². The largest absolute Gasteiger partial charge is 0.466 e. The van der Waals surface area contributed by atoms with Crippen molar-refractivity contribution >= 4 is 11.9 Å². The molecule has 0 spiro atoms.